The van der Waals surface area contributed by atoms with Crippen LogP contribution >= 0.6 is 0 Å². The van der Waals surface area contributed by atoms with E-state index in [-0.39, 0.29) is 0 Å². The quantitative estimate of drug-likeness (QED) is 0.517. The van der Waals surface area contributed by atoms with Gasteiger partial charge in [0.05, 0.1) is 0 Å². The Morgan fingerprint density at radius 2 is 1.33 bits per heavy atom. The molecular weight excluding hydrogens is 220 g/mol. The summed E-state index contributed by atoms with van der Waals surface area (Å²) in [7, 11) is 0. The van der Waals surface area contributed by atoms with E-state index in [9.17, 15) is 0 Å². The van der Waals surface area contributed by atoms with E-state index in [2.05, 4.69) is 32.2 Å². The van der Waals surface area contributed by atoms with Crippen molar-refractivity contribution < 1.29 is 4.79 Å². The second-order valence-electron chi connectivity index (χ2n) is 3.16. The first-order valence-electron chi connectivity index (χ1n) is 6.33. The van der Waals surface area contributed by atoms with Crippen LogP contribution in [0.3, 0.4) is 0 Å². The zero-order valence-corrected chi connectivity index (χ0v) is 12.2. The smallest absolute Gasteiger partial charge is 0.106 e. The van der Waals surface area contributed by atoms with Crippen molar-refractivity contribution in [1.82, 2.24) is 0 Å². The fourth-order valence-corrected chi connectivity index (χ4v) is 0.941. The Bertz CT molecular complexity index is 244. The van der Waals surface area contributed by atoms with E-state index in [0.29, 0.717) is 0 Å². The monoisotopic (exact) mass is 248 g/mol. The highest BCUT2D eigenvalue weighted by Crippen LogP contribution is 1.94. The van der Waals surface area contributed by atoms with Crippen molar-refractivity contribution in [2.24, 2.45) is 0 Å². The predicted octanol–water partition coefficient (Wildman–Crippen LogP) is 5.37. The molecule has 0 radical (unpaired) electrons. The first kappa shape index (κ1) is 21.6. The molecule has 0 aliphatic heterocycles. The van der Waals surface area contributed by atoms with Crippen molar-refractivity contribution >= 4 is 6.79 Å². The predicted molar refractivity (Wildman–Crippen MR) is 83.9 cm³/mol. The molecular formula is C17H28O. The van der Waals surface area contributed by atoms with Crippen LogP contribution in [0.5, 0.6) is 0 Å². The third-order valence-corrected chi connectivity index (χ3v) is 1.76. The molecule has 0 aliphatic rings. The minimum atomic E-state index is 1.12. The van der Waals surface area contributed by atoms with Crippen LogP contribution in [0.15, 0.2) is 55.6 Å². The van der Waals surface area contributed by atoms with Gasteiger partial charge in [-0.2, -0.15) is 0 Å². The van der Waals surface area contributed by atoms with Crippen LogP contribution in [0, 0.1) is 6.92 Å². The molecule has 0 spiro atoms. The zero-order valence-electron chi connectivity index (χ0n) is 12.2. The summed E-state index contributed by atoms with van der Waals surface area (Å²) >= 11 is 0. The summed E-state index contributed by atoms with van der Waals surface area (Å²) in [6.45, 7) is 15.3. The zero-order chi connectivity index (χ0) is 14.6. The van der Waals surface area contributed by atoms with E-state index in [4.69, 9.17) is 4.79 Å². The van der Waals surface area contributed by atoms with Gasteiger partial charge in [-0.15, -0.1) is 13.2 Å². The highest BCUT2D eigenvalue weighted by Gasteiger charge is 1.74. The standard InChI is InChI=1S/C7H8.C7H12.C2H6.CH2O/c1-7-5-3-2-4-6-7;1-3-5-7-6-4-2;2*1-2/h2-6H,1H3;3-4H,1-2,5-7H2;1-2H3;1H2. The van der Waals surface area contributed by atoms with Gasteiger partial charge in [-0.25, -0.2) is 0 Å². The van der Waals surface area contributed by atoms with E-state index in [1.54, 1.807) is 0 Å². The fourth-order valence-electron chi connectivity index (χ4n) is 0.941. The number of carbonyl (C=O) groups excluding carboxylic acids is 1. The highest BCUT2D eigenvalue weighted by molar-refractivity contribution is 5.11. The molecule has 1 aromatic carbocycles. The van der Waals surface area contributed by atoms with Gasteiger partial charge in [0, 0.05) is 0 Å². The number of hydrogen-bond acceptors (Lipinski definition) is 1. The van der Waals surface area contributed by atoms with E-state index in [1.807, 2.05) is 51.0 Å². The maximum atomic E-state index is 8.00. The van der Waals surface area contributed by atoms with Crippen LogP contribution < -0.4 is 0 Å². The van der Waals surface area contributed by atoms with Gasteiger partial charge in [-0.1, -0.05) is 61.9 Å². The number of benzene rings is 1. The topological polar surface area (TPSA) is 17.1 Å². The van der Waals surface area contributed by atoms with Crippen LogP contribution in [-0.4, -0.2) is 6.79 Å². The Balaban J connectivity index is -0.000000196. The lowest BCUT2D eigenvalue weighted by Crippen LogP contribution is -1.64. The van der Waals surface area contributed by atoms with Gasteiger partial charge in [-0.3, -0.25) is 0 Å². The molecule has 0 unspecified atom stereocenters. The van der Waals surface area contributed by atoms with E-state index in [0.717, 1.165) is 12.8 Å². The number of allylic oxidation sites excluding steroid dienone is 2. The highest BCUT2D eigenvalue weighted by atomic mass is 16.1. The first-order valence-corrected chi connectivity index (χ1v) is 6.33. The summed E-state index contributed by atoms with van der Waals surface area (Å²) < 4.78 is 0. The largest absolute Gasteiger partial charge is 0.307 e. The normalized spacial score (nSPS) is 7.06. The second-order valence-corrected chi connectivity index (χ2v) is 3.16. The fraction of sp³-hybridized carbons (Fsp3) is 0.353. The lowest BCUT2D eigenvalue weighted by Gasteiger charge is -1.84. The third-order valence-electron chi connectivity index (χ3n) is 1.76. The summed E-state index contributed by atoms with van der Waals surface area (Å²) in [6.07, 6.45) is 7.30. The summed E-state index contributed by atoms with van der Waals surface area (Å²) in [6, 6.07) is 10.3. The van der Waals surface area contributed by atoms with Gasteiger partial charge < -0.3 is 4.79 Å². The Hall–Kier alpha value is -1.63. The Labute approximate surface area is 113 Å². The van der Waals surface area contributed by atoms with Gasteiger partial charge in [-0.05, 0) is 26.2 Å². The molecule has 0 saturated carbocycles. The van der Waals surface area contributed by atoms with Gasteiger partial charge >= 0.3 is 0 Å². The third kappa shape index (κ3) is 23.9. The minimum absolute atomic E-state index is 1.12. The molecule has 18 heavy (non-hydrogen) atoms. The number of hydrogen-bond donors (Lipinski definition) is 0. The van der Waals surface area contributed by atoms with E-state index >= 15 is 0 Å². The molecule has 0 atom stereocenters. The number of carbonyl (C=O) groups is 1. The van der Waals surface area contributed by atoms with Crippen molar-refractivity contribution in [3.05, 3.63) is 61.2 Å². The van der Waals surface area contributed by atoms with Crippen molar-refractivity contribution in [3.8, 4) is 0 Å². The molecule has 0 aliphatic carbocycles. The van der Waals surface area contributed by atoms with Gasteiger partial charge in [0.15, 0.2) is 0 Å². The summed E-state index contributed by atoms with van der Waals surface area (Å²) in [5.74, 6) is 0. The molecule has 0 heterocycles. The average Bonchev–Trinajstić information content (AvgIpc) is 2.45. The van der Waals surface area contributed by atoms with Crippen molar-refractivity contribution in [3.63, 3.8) is 0 Å². The van der Waals surface area contributed by atoms with E-state index in [1.165, 1.54) is 12.0 Å². The molecule has 0 bridgehead atoms. The molecule has 0 aromatic heterocycles. The van der Waals surface area contributed by atoms with Crippen LogP contribution in [0.4, 0.5) is 0 Å². The average molecular weight is 248 g/mol. The number of rotatable bonds is 4. The van der Waals surface area contributed by atoms with Crippen LogP contribution in [0.1, 0.15) is 38.7 Å². The molecule has 0 fully saturated rings. The van der Waals surface area contributed by atoms with Crippen molar-refractivity contribution in [1.29, 1.82) is 0 Å². The molecule has 102 valence electrons. The maximum absolute atomic E-state index is 8.00. The molecule has 1 rings (SSSR count). The summed E-state index contributed by atoms with van der Waals surface area (Å²) in [4.78, 5) is 8.00. The second kappa shape index (κ2) is 24.6. The molecule has 1 aromatic rings. The Kier molecular flexibility index (Phi) is 29.5. The maximum Gasteiger partial charge on any atom is 0.106 e. The molecule has 0 N–H and O–H groups in total. The van der Waals surface area contributed by atoms with Gasteiger partial charge in [0.2, 0.25) is 0 Å². The number of aryl methyl sites for hydroxylation is 1. The lowest BCUT2D eigenvalue weighted by atomic mass is 10.2. The van der Waals surface area contributed by atoms with E-state index < -0.39 is 0 Å². The Morgan fingerprint density at radius 1 is 0.944 bits per heavy atom. The molecule has 1 heteroatoms. The Morgan fingerprint density at radius 3 is 1.56 bits per heavy atom. The first-order chi connectivity index (χ1) is 8.81. The van der Waals surface area contributed by atoms with Gasteiger partial charge in [0.1, 0.15) is 6.79 Å². The molecule has 0 amide bonds. The van der Waals surface area contributed by atoms with Crippen LogP contribution in [-0.2, 0) is 4.79 Å². The van der Waals surface area contributed by atoms with Crippen LogP contribution in [0.2, 0.25) is 0 Å². The van der Waals surface area contributed by atoms with Gasteiger partial charge in [0.25, 0.3) is 0 Å². The molecule has 0 saturated heterocycles. The summed E-state index contributed by atoms with van der Waals surface area (Å²) in [5.41, 5.74) is 1.32. The SMILES string of the molecule is C=CCCCC=C.C=O.CC.Cc1ccccc1. The lowest BCUT2D eigenvalue weighted by molar-refractivity contribution is -0.0979. The van der Waals surface area contributed by atoms with Crippen LogP contribution in [0.25, 0.3) is 0 Å². The van der Waals surface area contributed by atoms with Crippen molar-refractivity contribution in [2.75, 3.05) is 0 Å². The van der Waals surface area contributed by atoms with Crippen molar-refractivity contribution in [2.45, 2.75) is 40.0 Å². The minimum Gasteiger partial charge on any atom is -0.307 e. The number of unbranched alkanes of at least 4 members (excludes halogenated alkanes) is 2. The summed E-state index contributed by atoms with van der Waals surface area (Å²) in [5, 5.41) is 0. The molecule has 1 nitrogen and oxygen atoms in total.